The molecule has 94 valence electrons. The van der Waals surface area contributed by atoms with Crippen LogP contribution < -0.4 is 5.73 Å². The van der Waals surface area contributed by atoms with Crippen molar-refractivity contribution >= 4 is 11.8 Å². The quantitative estimate of drug-likeness (QED) is 0.846. The minimum absolute atomic E-state index is 0.384. The van der Waals surface area contributed by atoms with Gasteiger partial charge in [0.15, 0.2) is 0 Å². The smallest absolute Gasteiger partial charge is 0.329 e. The van der Waals surface area contributed by atoms with Gasteiger partial charge in [0.2, 0.25) is 0 Å². The van der Waals surface area contributed by atoms with Crippen molar-refractivity contribution in [2.75, 3.05) is 6.54 Å². The molecular formula is C12H14F3NS. The predicted octanol–water partition coefficient (Wildman–Crippen LogP) is 3.16. The van der Waals surface area contributed by atoms with Crippen molar-refractivity contribution in [1.29, 1.82) is 0 Å². The lowest BCUT2D eigenvalue weighted by atomic mass is 10.1. The minimum atomic E-state index is -4.24. The van der Waals surface area contributed by atoms with Crippen LogP contribution in [0.5, 0.6) is 0 Å². The number of hydrogen-bond acceptors (Lipinski definition) is 2. The zero-order chi connectivity index (χ0) is 12.5. The summed E-state index contributed by atoms with van der Waals surface area (Å²) in [4.78, 5) is 0.665. The number of fused-ring (bicyclic) bond motifs is 1. The summed E-state index contributed by atoms with van der Waals surface area (Å²) in [6.45, 7) is -0.384. The van der Waals surface area contributed by atoms with Crippen molar-refractivity contribution in [3.05, 3.63) is 29.3 Å². The maximum Gasteiger partial charge on any atom is 0.402 e. The molecule has 17 heavy (non-hydrogen) atoms. The van der Waals surface area contributed by atoms with Gasteiger partial charge in [0.25, 0.3) is 0 Å². The van der Waals surface area contributed by atoms with Crippen LogP contribution in [0.2, 0.25) is 0 Å². The summed E-state index contributed by atoms with van der Waals surface area (Å²) in [6, 6.07) is 5.58. The number of hydrogen-bond donors (Lipinski definition) is 1. The first-order chi connectivity index (χ1) is 8.00. The van der Waals surface area contributed by atoms with Crippen LogP contribution in [-0.2, 0) is 12.8 Å². The molecular weight excluding hydrogens is 247 g/mol. The third kappa shape index (κ3) is 2.96. The highest BCUT2D eigenvalue weighted by Crippen LogP contribution is 2.36. The Balaban J connectivity index is 2.13. The Hall–Kier alpha value is -0.680. The Kier molecular flexibility index (Phi) is 3.68. The third-order valence-corrected chi connectivity index (χ3v) is 4.20. The fraction of sp³-hybridized carbons (Fsp3) is 0.500. The van der Waals surface area contributed by atoms with Crippen molar-refractivity contribution in [2.24, 2.45) is 5.73 Å². The molecule has 1 aromatic rings. The molecule has 0 aliphatic heterocycles. The molecule has 0 saturated carbocycles. The molecule has 5 heteroatoms. The topological polar surface area (TPSA) is 26.0 Å². The van der Waals surface area contributed by atoms with Crippen LogP contribution in [0.4, 0.5) is 13.2 Å². The van der Waals surface area contributed by atoms with Crippen molar-refractivity contribution in [2.45, 2.75) is 35.6 Å². The number of benzene rings is 1. The van der Waals surface area contributed by atoms with E-state index in [1.165, 1.54) is 11.1 Å². The first-order valence-electron chi connectivity index (χ1n) is 5.56. The molecule has 0 saturated heterocycles. The van der Waals surface area contributed by atoms with E-state index in [9.17, 15) is 13.2 Å². The summed E-state index contributed by atoms with van der Waals surface area (Å²) in [6.07, 6.45) is -1.12. The number of thioether (sulfide) groups is 1. The Morgan fingerprint density at radius 3 is 2.59 bits per heavy atom. The van der Waals surface area contributed by atoms with Crippen LogP contribution in [0, 0.1) is 0 Å². The minimum Gasteiger partial charge on any atom is -0.329 e. The third-order valence-electron chi connectivity index (χ3n) is 2.93. The fourth-order valence-electron chi connectivity index (χ4n) is 2.03. The summed E-state index contributed by atoms with van der Waals surface area (Å²) in [5, 5.41) is -1.51. The van der Waals surface area contributed by atoms with E-state index in [0.717, 1.165) is 31.0 Å². The fourth-order valence-corrected chi connectivity index (χ4v) is 2.95. The van der Waals surface area contributed by atoms with Crippen molar-refractivity contribution in [3.63, 3.8) is 0 Å². The standard InChI is InChI=1S/C12H14F3NS/c13-12(14,15)11(7-16)17-10-5-4-8-2-1-3-9(8)6-10/h4-6,11H,1-3,7,16H2. The van der Waals surface area contributed by atoms with Crippen molar-refractivity contribution in [1.82, 2.24) is 0 Å². The van der Waals surface area contributed by atoms with Gasteiger partial charge < -0.3 is 5.73 Å². The molecule has 1 unspecified atom stereocenters. The van der Waals surface area contributed by atoms with E-state index in [1.54, 1.807) is 6.07 Å². The van der Waals surface area contributed by atoms with E-state index in [2.05, 4.69) is 0 Å². The molecule has 0 bridgehead atoms. The van der Waals surface area contributed by atoms with Gasteiger partial charge in [-0.2, -0.15) is 13.2 Å². The number of nitrogens with two attached hydrogens (primary N) is 1. The van der Waals surface area contributed by atoms with Crippen LogP contribution in [-0.4, -0.2) is 18.0 Å². The Labute approximate surface area is 103 Å². The molecule has 1 aromatic carbocycles. The first-order valence-corrected chi connectivity index (χ1v) is 6.44. The molecule has 0 aromatic heterocycles. The number of aryl methyl sites for hydroxylation is 2. The van der Waals surface area contributed by atoms with Gasteiger partial charge in [0, 0.05) is 11.4 Å². The van der Waals surface area contributed by atoms with Gasteiger partial charge >= 0.3 is 6.18 Å². The molecule has 1 atom stereocenters. The Morgan fingerprint density at radius 1 is 1.24 bits per heavy atom. The van der Waals surface area contributed by atoms with Crippen LogP contribution in [0.15, 0.2) is 23.1 Å². The summed E-state index contributed by atoms with van der Waals surface area (Å²) < 4.78 is 37.7. The number of halogens is 3. The SMILES string of the molecule is NCC(Sc1ccc2c(c1)CCC2)C(F)(F)F. The van der Waals surface area contributed by atoms with Crippen LogP contribution in [0.1, 0.15) is 17.5 Å². The second kappa shape index (κ2) is 4.90. The predicted molar refractivity (Wildman–Crippen MR) is 63.2 cm³/mol. The van der Waals surface area contributed by atoms with E-state index in [-0.39, 0.29) is 6.54 Å². The Bertz CT molecular complexity index is 403. The molecule has 0 heterocycles. The monoisotopic (exact) mass is 261 g/mol. The van der Waals surface area contributed by atoms with Crippen LogP contribution >= 0.6 is 11.8 Å². The molecule has 2 rings (SSSR count). The van der Waals surface area contributed by atoms with E-state index >= 15 is 0 Å². The largest absolute Gasteiger partial charge is 0.402 e. The van der Waals surface area contributed by atoms with Gasteiger partial charge in [-0.25, -0.2) is 0 Å². The van der Waals surface area contributed by atoms with Crippen LogP contribution in [0.3, 0.4) is 0 Å². The van der Waals surface area contributed by atoms with E-state index in [1.807, 2.05) is 12.1 Å². The average molecular weight is 261 g/mol. The number of rotatable bonds is 3. The zero-order valence-corrected chi connectivity index (χ0v) is 10.1. The zero-order valence-electron chi connectivity index (χ0n) is 9.26. The summed E-state index contributed by atoms with van der Waals surface area (Å²) in [5.41, 5.74) is 7.64. The molecule has 0 amide bonds. The van der Waals surface area contributed by atoms with E-state index in [0.29, 0.717) is 4.90 Å². The molecule has 1 aliphatic carbocycles. The second-order valence-corrected chi connectivity index (χ2v) is 5.44. The molecule has 0 radical (unpaired) electrons. The lowest BCUT2D eigenvalue weighted by Gasteiger charge is -2.18. The highest BCUT2D eigenvalue weighted by molar-refractivity contribution is 8.00. The van der Waals surface area contributed by atoms with Crippen molar-refractivity contribution in [3.8, 4) is 0 Å². The summed E-state index contributed by atoms with van der Waals surface area (Å²) in [7, 11) is 0. The van der Waals surface area contributed by atoms with Gasteiger partial charge in [-0.1, -0.05) is 6.07 Å². The highest BCUT2D eigenvalue weighted by atomic mass is 32.2. The highest BCUT2D eigenvalue weighted by Gasteiger charge is 2.39. The molecule has 0 spiro atoms. The lowest BCUT2D eigenvalue weighted by molar-refractivity contribution is -0.126. The molecule has 1 aliphatic rings. The molecule has 0 fully saturated rings. The van der Waals surface area contributed by atoms with E-state index < -0.39 is 11.4 Å². The van der Waals surface area contributed by atoms with Gasteiger partial charge in [0.05, 0.1) is 0 Å². The van der Waals surface area contributed by atoms with Gasteiger partial charge in [-0.15, -0.1) is 11.8 Å². The van der Waals surface area contributed by atoms with Gasteiger partial charge in [0.1, 0.15) is 5.25 Å². The maximum absolute atomic E-state index is 12.6. The maximum atomic E-state index is 12.6. The van der Waals surface area contributed by atoms with Crippen LogP contribution in [0.25, 0.3) is 0 Å². The molecule has 1 nitrogen and oxygen atoms in total. The average Bonchev–Trinajstić information content (AvgIpc) is 2.71. The molecule has 2 N–H and O–H groups in total. The number of alkyl halides is 3. The summed E-state index contributed by atoms with van der Waals surface area (Å²) in [5.74, 6) is 0. The summed E-state index contributed by atoms with van der Waals surface area (Å²) >= 11 is 0.812. The van der Waals surface area contributed by atoms with Gasteiger partial charge in [-0.05, 0) is 42.5 Å². The van der Waals surface area contributed by atoms with Crippen molar-refractivity contribution < 1.29 is 13.2 Å². The van der Waals surface area contributed by atoms with Gasteiger partial charge in [-0.3, -0.25) is 0 Å². The second-order valence-electron chi connectivity index (χ2n) is 4.17. The Morgan fingerprint density at radius 2 is 1.94 bits per heavy atom. The normalized spacial score (nSPS) is 16.9. The lowest BCUT2D eigenvalue weighted by Crippen LogP contribution is -2.32. The van der Waals surface area contributed by atoms with E-state index in [4.69, 9.17) is 5.73 Å². The first kappa shape index (κ1) is 12.8.